The first-order valence-electron chi connectivity index (χ1n) is 8.25. The van der Waals surface area contributed by atoms with E-state index in [0.29, 0.717) is 27.2 Å². The molecule has 0 aliphatic carbocycles. The molecule has 0 heterocycles. The highest BCUT2D eigenvalue weighted by Gasteiger charge is 2.10. The number of hydrogen-bond donors (Lipinski definition) is 2. The fraction of sp³-hybridized carbons (Fsp3) is 0.0476. The molecule has 0 saturated heterocycles. The lowest BCUT2D eigenvalue weighted by Gasteiger charge is -2.10. The molecule has 27 heavy (non-hydrogen) atoms. The van der Waals surface area contributed by atoms with E-state index in [1.54, 1.807) is 54.6 Å². The zero-order valence-corrected chi connectivity index (χ0v) is 15.9. The molecule has 0 fully saturated rings. The van der Waals surface area contributed by atoms with Gasteiger partial charge in [-0.3, -0.25) is 9.59 Å². The zero-order valence-electron chi connectivity index (χ0n) is 14.3. The van der Waals surface area contributed by atoms with Crippen LogP contribution in [0.1, 0.15) is 10.4 Å². The van der Waals surface area contributed by atoms with Crippen molar-refractivity contribution in [2.75, 3.05) is 17.2 Å². The molecule has 136 valence electrons. The van der Waals surface area contributed by atoms with Crippen molar-refractivity contribution in [3.63, 3.8) is 0 Å². The molecule has 0 spiro atoms. The Balaban J connectivity index is 1.59. The first kappa shape index (κ1) is 18.7. The molecule has 5 nitrogen and oxygen atoms in total. The molecule has 0 aliphatic heterocycles. The van der Waals surface area contributed by atoms with Crippen LogP contribution in [-0.4, -0.2) is 18.4 Å². The number of anilines is 2. The molecule has 2 amide bonds. The molecule has 3 rings (SSSR count). The molecule has 0 bridgehead atoms. The van der Waals surface area contributed by atoms with Gasteiger partial charge >= 0.3 is 0 Å². The average Bonchev–Trinajstić information content (AvgIpc) is 2.68. The fourth-order valence-corrected chi connectivity index (χ4v) is 2.85. The van der Waals surface area contributed by atoms with Crippen LogP contribution in [0.2, 0.25) is 0 Å². The highest BCUT2D eigenvalue weighted by atomic mass is 79.9. The highest BCUT2D eigenvalue weighted by Crippen LogP contribution is 2.20. The number of amides is 2. The Hall–Kier alpha value is -3.12. The average molecular weight is 425 g/mol. The lowest BCUT2D eigenvalue weighted by atomic mass is 10.2. The minimum atomic E-state index is -0.284. The lowest BCUT2D eigenvalue weighted by molar-refractivity contribution is -0.118. The van der Waals surface area contributed by atoms with Crippen LogP contribution in [0.4, 0.5) is 11.4 Å². The highest BCUT2D eigenvalue weighted by molar-refractivity contribution is 9.10. The van der Waals surface area contributed by atoms with Crippen molar-refractivity contribution in [3.8, 4) is 5.75 Å². The van der Waals surface area contributed by atoms with Crippen LogP contribution in [0.3, 0.4) is 0 Å². The Morgan fingerprint density at radius 3 is 2.22 bits per heavy atom. The van der Waals surface area contributed by atoms with Gasteiger partial charge < -0.3 is 15.4 Å². The minimum absolute atomic E-state index is 0.0996. The van der Waals surface area contributed by atoms with Gasteiger partial charge in [-0.25, -0.2) is 0 Å². The molecule has 0 unspecified atom stereocenters. The minimum Gasteiger partial charge on any atom is -0.484 e. The third-order valence-corrected chi connectivity index (χ3v) is 4.33. The summed E-state index contributed by atoms with van der Waals surface area (Å²) >= 11 is 3.36. The number of benzene rings is 3. The predicted octanol–water partition coefficient (Wildman–Crippen LogP) is 4.72. The van der Waals surface area contributed by atoms with Gasteiger partial charge in [0.15, 0.2) is 6.61 Å². The van der Waals surface area contributed by atoms with Crippen LogP contribution < -0.4 is 15.4 Å². The van der Waals surface area contributed by atoms with Gasteiger partial charge in [-0.2, -0.15) is 0 Å². The zero-order chi connectivity index (χ0) is 19.1. The van der Waals surface area contributed by atoms with Crippen LogP contribution in [-0.2, 0) is 4.79 Å². The molecule has 2 N–H and O–H groups in total. The summed E-state index contributed by atoms with van der Waals surface area (Å²) in [7, 11) is 0. The smallest absolute Gasteiger partial charge is 0.262 e. The summed E-state index contributed by atoms with van der Waals surface area (Å²) in [5, 5.41) is 5.57. The van der Waals surface area contributed by atoms with Gasteiger partial charge in [0.2, 0.25) is 0 Å². The molecule has 0 saturated carbocycles. The standard InChI is InChI=1S/C21H17BrN2O3/c22-19-12-5-4-11-18(19)21(26)24-16-8-6-7-15(13-16)23-20(25)14-27-17-9-2-1-3-10-17/h1-13H,14H2,(H,23,25)(H,24,26). The molecule has 6 heteroatoms. The van der Waals surface area contributed by atoms with Gasteiger partial charge in [-0.15, -0.1) is 0 Å². The predicted molar refractivity (Wildman–Crippen MR) is 109 cm³/mol. The Labute approximate surface area is 165 Å². The maximum Gasteiger partial charge on any atom is 0.262 e. The molecule has 0 aromatic heterocycles. The number of halogens is 1. The molecule has 0 aliphatic rings. The quantitative estimate of drug-likeness (QED) is 0.601. The topological polar surface area (TPSA) is 67.4 Å². The first-order chi connectivity index (χ1) is 13.1. The third kappa shape index (κ3) is 5.43. The number of carbonyl (C=O) groups excluding carboxylic acids is 2. The Kier molecular flexibility index (Phi) is 6.22. The number of ether oxygens (including phenoxy) is 1. The van der Waals surface area contributed by atoms with Gasteiger partial charge in [0, 0.05) is 15.8 Å². The SMILES string of the molecule is O=C(COc1ccccc1)Nc1cccc(NC(=O)c2ccccc2Br)c1. The van der Waals surface area contributed by atoms with Gasteiger partial charge in [0.05, 0.1) is 5.56 Å². The Morgan fingerprint density at radius 2 is 1.48 bits per heavy atom. The second kappa shape index (κ2) is 9.00. The van der Waals surface area contributed by atoms with Crippen molar-refractivity contribution in [2.45, 2.75) is 0 Å². The van der Waals surface area contributed by atoms with E-state index < -0.39 is 0 Å². The summed E-state index contributed by atoms with van der Waals surface area (Å²) in [6.07, 6.45) is 0. The van der Waals surface area contributed by atoms with Crippen molar-refractivity contribution < 1.29 is 14.3 Å². The van der Waals surface area contributed by atoms with E-state index >= 15 is 0 Å². The summed E-state index contributed by atoms with van der Waals surface area (Å²) in [6.45, 7) is -0.0996. The largest absolute Gasteiger partial charge is 0.484 e. The van der Waals surface area contributed by atoms with Crippen LogP contribution >= 0.6 is 15.9 Å². The van der Waals surface area contributed by atoms with Crippen LogP contribution in [0.25, 0.3) is 0 Å². The molecular weight excluding hydrogens is 408 g/mol. The number of nitrogens with one attached hydrogen (secondary N) is 2. The molecule has 3 aromatic carbocycles. The van der Waals surface area contributed by atoms with Gasteiger partial charge in [-0.1, -0.05) is 36.4 Å². The Morgan fingerprint density at radius 1 is 0.815 bits per heavy atom. The molecular formula is C21H17BrN2O3. The van der Waals surface area contributed by atoms with Crippen molar-refractivity contribution in [2.24, 2.45) is 0 Å². The van der Waals surface area contributed by atoms with E-state index in [2.05, 4.69) is 26.6 Å². The molecule has 0 atom stereocenters. The van der Waals surface area contributed by atoms with E-state index in [0.717, 1.165) is 0 Å². The summed E-state index contributed by atoms with van der Waals surface area (Å²) in [5.74, 6) is 0.105. The van der Waals surface area contributed by atoms with Gasteiger partial charge in [-0.05, 0) is 58.4 Å². The van der Waals surface area contributed by atoms with Crippen LogP contribution in [0.5, 0.6) is 5.75 Å². The van der Waals surface area contributed by atoms with Crippen molar-refractivity contribution in [3.05, 3.63) is 88.9 Å². The van der Waals surface area contributed by atoms with E-state index in [4.69, 9.17) is 4.74 Å². The first-order valence-corrected chi connectivity index (χ1v) is 9.05. The summed E-state index contributed by atoms with van der Waals surface area (Å²) in [6, 6.07) is 23.2. The van der Waals surface area contributed by atoms with Crippen LogP contribution in [0.15, 0.2) is 83.3 Å². The third-order valence-electron chi connectivity index (χ3n) is 3.64. The molecule has 0 radical (unpaired) electrons. The van der Waals surface area contributed by atoms with Crippen molar-refractivity contribution in [1.82, 2.24) is 0 Å². The summed E-state index contributed by atoms with van der Waals surface area (Å²) in [4.78, 5) is 24.4. The number of rotatable bonds is 6. The van der Waals surface area contributed by atoms with Crippen molar-refractivity contribution >= 4 is 39.1 Å². The second-order valence-corrected chi connectivity index (χ2v) is 6.52. The monoisotopic (exact) mass is 424 g/mol. The van der Waals surface area contributed by atoms with Gasteiger partial charge in [0.1, 0.15) is 5.75 Å². The maximum absolute atomic E-state index is 12.4. The molecule has 3 aromatic rings. The maximum atomic E-state index is 12.4. The lowest BCUT2D eigenvalue weighted by Crippen LogP contribution is -2.20. The summed E-state index contributed by atoms with van der Waals surface area (Å²) < 4.78 is 6.13. The van der Waals surface area contributed by atoms with Gasteiger partial charge in [0.25, 0.3) is 11.8 Å². The van der Waals surface area contributed by atoms with E-state index in [-0.39, 0.29) is 18.4 Å². The van der Waals surface area contributed by atoms with Crippen molar-refractivity contribution in [1.29, 1.82) is 0 Å². The number of para-hydroxylation sites is 1. The number of hydrogen-bond acceptors (Lipinski definition) is 3. The summed E-state index contributed by atoms with van der Waals surface area (Å²) in [5.41, 5.74) is 1.68. The Bertz CT molecular complexity index is 945. The van der Waals surface area contributed by atoms with E-state index in [9.17, 15) is 9.59 Å². The van der Waals surface area contributed by atoms with Crippen LogP contribution in [0, 0.1) is 0 Å². The van der Waals surface area contributed by atoms with E-state index in [1.807, 2.05) is 24.3 Å². The fourth-order valence-electron chi connectivity index (χ4n) is 2.38. The van der Waals surface area contributed by atoms with E-state index in [1.165, 1.54) is 0 Å². The normalized spacial score (nSPS) is 10.1. The number of carbonyl (C=O) groups is 2. The second-order valence-electron chi connectivity index (χ2n) is 5.66.